The first-order valence-corrected chi connectivity index (χ1v) is 14.2. The monoisotopic (exact) mass is 629 g/mol. The van der Waals surface area contributed by atoms with Crippen molar-refractivity contribution in [1.82, 2.24) is 14.5 Å². The summed E-state index contributed by atoms with van der Waals surface area (Å²) in [5, 5.41) is -0.228. The fourth-order valence-corrected chi connectivity index (χ4v) is 5.46. The van der Waals surface area contributed by atoms with Gasteiger partial charge in [0, 0.05) is 6.20 Å². The van der Waals surface area contributed by atoms with E-state index in [0.29, 0.717) is 0 Å². The van der Waals surface area contributed by atoms with E-state index in [2.05, 4.69) is 9.97 Å². The van der Waals surface area contributed by atoms with Gasteiger partial charge < -0.3 is 18.9 Å². The molecule has 0 bridgehead atoms. The van der Waals surface area contributed by atoms with Crippen LogP contribution in [0.2, 0.25) is 5.15 Å². The largest absolute Gasteiger partial charge is 0.459 e. The van der Waals surface area contributed by atoms with E-state index in [1.807, 2.05) is 0 Å². The molecule has 1 saturated heterocycles. The van der Waals surface area contributed by atoms with Crippen molar-refractivity contribution >= 4 is 40.5 Å². The Balaban J connectivity index is 1.43. The van der Waals surface area contributed by atoms with Gasteiger partial charge in [-0.1, -0.05) is 66.2 Å². The first kappa shape index (κ1) is 29.9. The quantitative estimate of drug-likeness (QED) is 0.119. The maximum atomic E-state index is 15.3. The molecule has 10 nitrogen and oxygen atoms in total. The van der Waals surface area contributed by atoms with Crippen LogP contribution in [-0.4, -0.2) is 56.9 Å². The van der Waals surface area contributed by atoms with E-state index in [0.717, 1.165) is 12.5 Å². The van der Waals surface area contributed by atoms with Crippen molar-refractivity contribution in [1.29, 1.82) is 0 Å². The van der Waals surface area contributed by atoms with Crippen LogP contribution >= 0.6 is 11.6 Å². The number of rotatable bonds is 8. The van der Waals surface area contributed by atoms with Gasteiger partial charge in [0.2, 0.25) is 0 Å². The van der Waals surface area contributed by atoms with Gasteiger partial charge in [-0.2, -0.15) is 0 Å². The number of ether oxygens (including phenoxy) is 4. The van der Waals surface area contributed by atoms with E-state index in [1.165, 1.54) is 11.5 Å². The molecular formula is C33H25ClFN3O7. The maximum Gasteiger partial charge on any atom is 0.338 e. The van der Waals surface area contributed by atoms with Gasteiger partial charge in [-0.25, -0.2) is 28.7 Å². The number of hydrogen-bond acceptors (Lipinski definition) is 9. The molecule has 228 valence electrons. The summed E-state index contributed by atoms with van der Waals surface area (Å²) in [6, 6.07) is 24.6. The number of aromatic nitrogens is 3. The number of carbonyl (C=O) groups is 3. The minimum absolute atomic E-state index is 0.0366. The first-order valence-electron chi connectivity index (χ1n) is 13.8. The molecule has 0 N–H and O–H groups in total. The van der Waals surface area contributed by atoms with Crippen molar-refractivity contribution in [2.75, 3.05) is 6.61 Å². The maximum absolute atomic E-state index is 15.3. The number of halogens is 2. The van der Waals surface area contributed by atoms with Crippen LogP contribution in [0.1, 0.15) is 44.2 Å². The molecule has 3 heterocycles. The van der Waals surface area contributed by atoms with Crippen LogP contribution in [0.3, 0.4) is 0 Å². The second-order valence-electron chi connectivity index (χ2n) is 10.4. The van der Waals surface area contributed by atoms with Gasteiger partial charge in [-0.3, -0.25) is 4.57 Å². The molecule has 45 heavy (non-hydrogen) atoms. The Bertz CT molecular complexity index is 1860. The highest BCUT2D eigenvalue weighted by Crippen LogP contribution is 2.45. The highest BCUT2D eigenvalue weighted by atomic mass is 35.5. The van der Waals surface area contributed by atoms with Crippen LogP contribution in [0, 0.1) is 5.82 Å². The Labute approximate surface area is 261 Å². The molecule has 12 heteroatoms. The van der Waals surface area contributed by atoms with Crippen LogP contribution in [0.4, 0.5) is 4.39 Å². The van der Waals surface area contributed by atoms with E-state index in [4.69, 9.17) is 30.5 Å². The Morgan fingerprint density at radius 1 is 0.867 bits per heavy atom. The molecule has 5 aromatic rings. The van der Waals surface area contributed by atoms with E-state index in [9.17, 15) is 14.4 Å². The standard InChI is InChI=1S/C33H25ClFN3O7/c1-33(45-31(41)22-15-9-4-10-16-22)26(44-30(40)21-13-7-3-8-14-21)24(18-42-29(39)20-11-5-2-6-12-20)43-32(33)38-17-23(35)25-27(34)36-19-37-28(25)38/h2-17,19,24,26,32H,18H2,1H3/t24-,26-,32-,33-/m1/s1. The van der Waals surface area contributed by atoms with Gasteiger partial charge in [-0.05, 0) is 43.3 Å². The average Bonchev–Trinajstić information content (AvgIpc) is 3.54. The minimum Gasteiger partial charge on any atom is -0.459 e. The summed E-state index contributed by atoms with van der Waals surface area (Å²) in [6.45, 7) is 1.08. The number of esters is 3. The molecule has 0 aliphatic carbocycles. The zero-order chi connectivity index (χ0) is 31.6. The van der Waals surface area contributed by atoms with E-state index in [1.54, 1.807) is 91.0 Å². The number of hydrogen-bond donors (Lipinski definition) is 0. The highest BCUT2D eigenvalue weighted by molar-refractivity contribution is 6.34. The molecule has 1 aliphatic heterocycles. The predicted octanol–water partition coefficient (Wildman–Crippen LogP) is 5.82. The number of fused-ring (bicyclic) bond motifs is 1. The molecule has 1 fully saturated rings. The van der Waals surface area contributed by atoms with Crippen LogP contribution in [0.25, 0.3) is 11.0 Å². The molecule has 0 spiro atoms. The lowest BCUT2D eigenvalue weighted by Gasteiger charge is -2.34. The Morgan fingerprint density at radius 3 is 2.02 bits per heavy atom. The fraction of sp³-hybridized carbons (Fsp3) is 0.182. The van der Waals surface area contributed by atoms with Gasteiger partial charge in [-0.15, -0.1) is 0 Å². The van der Waals surface area contributed by atoms with Gasteiger partial charge in [0.05, 0.1) is 22.1 Å². The molecule has 0 unspecified atom stereocenters. The minimum atomic E-state index is -1.82. The molecule has 2 aromatic heterocycles. The van der Waals surface area contributed by atoms with Gasteiger partial charge in [0.15, 0.2) is 23.8 Å². The Kier molecular flexibility index (Phi) is 8.29. The summed E-state index contributed by atoms with van der Waals surface area (Å²) in [4.78, 5) is 47.9. The third kappa shape index (κ3) is 5.87. The van der Waals surface area contributed by atoms with Gasteiger partial charge in [0.1, 0.15) is 29.8 Å². The van der Waals surface area contributed by atoms with Crippen molar-refractivity contribution in [2.45, 2.75) is 31.0 Å². The summed E-state index contributed by atoms with van der Waals surface area (Å²) in [7, 11) is 0. The third-order valence-electron chi connectivity index (χ3n) is 7.42. The lowest BCUT2D eigenvalue weighted by atomic mass is 9.95. The average molecular weight is 630 g/mol. The van der Waals surface area contributed by atoms with E-state index >= 15 is 4.39 Å². The lowest BCUT2D eigenvalue weighted by Crippen LogP contribution is -2.50. The summed E-state index contributed by atoms with van der Waals surface area (Å²) in [6.07, 6.45) is -1.64. The van der Waals surface area contributed by atoms with Crippen molar-refractivity contribution in [3.63, 3.8) is 0 Å². The SMILES string of the molecule is C[C@@]1(OC(=O)c2ccccc2)[C@H](OC(=O)c2ccccc2)[C@@H](COC(=O)c2ccccc2)O[C@H]1n1cc(F)c2c(Cl)ncnc21. The zero-order valence-electron chi connectivity index (χ0n) is 23.7. The molecule has 3 aromatic carbocycles. The van der Waals surface area contributed by atoms with E-state index < -0.39 is 54.4 Å². The summed E-state index contributed by atoms with van der Waals surface area (Å²) >= 11 is 6.20. The van der Waals surface area contributed by atoms with Crippen molar-refractivity contribution in [3.8, 4) is 0 Å². The predicted molar refractivity (Wildman–Crippen MR) is 159 cm³/mol. The number of benzene rings is 3. The van der Waals surface area contributed by atoms with Gasteiger partial charge in [0.25, 0.3) is 0 Å². The number of nitrogens with zero attached hydrogens (tertiary/aromatic N) is 3. The molecule has 0 amide bonds. The molecule has 6 rings (SSSR count). The lowest BCUT2D eigenvalue weighted by molar-refractivity contribution is -0.108. The molecule has 4 atom stereocenters. The first-order chi connectivity index (χ1) is 21.8. The molecular weight excluding hydrogens is 605 g/mol. The number of carbonyl (C=O) groups excluding carboxylic acids is 3. The molecule has 0 saturated carbocycles. The summed E-state index contributed by atoms with van der Waals surface area (Å²) in [5.74, 6) is -2.93. The second-order valence-corrected chi connectivity index (χ2v) is 10.7. The topological polar surface area (TPSA) is 119 Å². The molecule has 1 aliphatic rings. The zero-order valence-corrected chi connectivity index (χ0v) is 24.5. The van der Waals surface area contributed by atoms with Crippen molar-refractivity contribution in [3.05, 3.63) is 131 Å². The third-order valence-corrected chi connectivity index (χ3v) is 7.71. The van der Waals surface area contributed by atoms with Crippen LogP contribution in [-0.2, 0) is 18.9 Å². The highest BCUT2D eigenvalue weighted by Gasteiger charge is 2.60. The summed E-state index contributed by atoms with van der Waals surface area (Å²) in [5.41, 5.74) is -1.08. The molecule has 0 radical (unpaired) electrons. The smallest absolute Gasteiger partial charge is 0.338 e. The normalized spacial score (nSPS) is 20.9. The Hall–Kier alpha value is -5.13. The van der Waals surface area contributed by atoms with Crippen molar-refractivity contribution < 1.29 is 37.7 Å². The van der Waals surface area contributed by atoms with E-state index in [-0.39, 0.29) is 32.9 Å². The van der Waals surface area contributed by atoms with Crippen LogP contribution in [0.15, 0.2) is 104 Å². The van der Waals surface area contributed by atoms with Crippen molar-refractivity contribution in [2.24, 2.45) is 0 Å². The Morgan fingerprint density at radius 2 is 1.42 bits per heavy atom. The van der Waals surface area contributed by atoms with Crippen LogP contribution in [0.5, 0.6) is 0 Å². The fourth-order valence-electron chi connectivity index (χ4n) is 5.24. The second kappa shape index (κ2) is 12.5. The van der Waals surface area contributed by atoms with Crippen LogP contribution < -0.4 is 0 Å². The summed E-state index contributed by atoms with van der Waals surface area (Å²) < 4.78 is 40.6. The van der Waals surface area contributed by atoms with Gasteiger partial charge >= 0.3 is 17.9 Å².